The van der Waals surface area contributed by atoms with E-state index in [0.29, 0.717) is 5.75 Å². The van der Waals surface area contributed by atoms with Crippen LogP contribution in [0.5, 0.6) is 5.75 Å². The van der Waals surface area contributed by atoms with Crippen molar-refractivity contribution < 1.29 is 13.2 Å². The van der Waals surface area contributed by atoms with Gasteiger partial charge in [-0.3, -0.25) is 0 Å². The van der Waals surface area contributed by atoms with Crippen LogP contribution in [0.25, 0.3) is 0 Å². The van der Waals surface area contributed by atoms with E-state index in [4.69, 9.17) is 9.88 Å². The van der Waals surface area contributed by atoms with Crippen LogP contribution in [0.2, 0.25) is 0 Å². The maximum atomic E-state index is 11.1. The van der Waals surface area contributed by atoms with Crippen molar-refractivity contribution in [3.63, 3.8) is 0 Å². The Balaban J connectivity index is 2.04. The molecule has 1 aliphatic rings. The molecule has 1 aliphatic carbocycles. The van der Waals surface area contributed by atoms with Gasteiger partial charge in [0.05, 0.1) is 4.90 Å². The topological polar surface area (TPSA) is 69.4 Å². The normalized spacial score (nSPS) is 22.3. The molecule has 0 fully saturated rings. The fourth-order valence-electron chi connectivity index (χ4n) is 2.11. The van der Waals surface area contributed by atoms with E-state index in [1.165, 1.54) is 25.0 Å². The van der Waals surface area contributed by atoms with Gasteiger partial charge in [0.2, 0.25) is 10.0 Å². The fraction of sp³-hybridized carbons (Fsp3) is 0.429. The molecule has 0 saturated heterocycles. The van der Waals surface area contributed by atoms with Crippen LogP contribution in [0.4, 0.5) is 0 Å². The highest BCUT2D eigenvalue weighted by atomic mass is 32.2. The van der Waals surface area contributed by atoms with Gasteiger partial charge in [0.15, 0.2) is 0 Å². The summed E-state index contributed by atoms with van der Waals surface area (Å²) in [5.41, 5.74) is 0. The highest BCUT2D eigenvalue weighted by Gasteiger charge is 2.10. The van der Waals surface area contributed by atoms with E-state index in [1.807, 2.05) is 0 Å². The number of nitrogens with two attached hydrogens (primary N) is 1. The number of sulfonamides is 1. The molecule has 0 saturated carbocycles. The number of hydrogen-bond acceptors (Lipinski definition) is 3. The molecule has 4 nitrogen and oxygen atoms in total. The van der Waals surface area contributed by atoms with E-state index in [9.17, 15) is 8.42 Å². The summed E-state index contributed by atoms with van der Waals surface area (Å²) in [6, 6.07) is 6.23. The van der Waals surface area contributed by atoms with Crippen LogP contribution in [0.3, 0.4) is 0 Å². The quantitative estimate of drug-likeness (QED) is 0.866. The van der Waals surface area contributed by atoms with Gasteiger partial charge in [-0.25, -0.2) is 13.6 Å². The lowest BCUT2D eigenvalue weighted by atomic mass is 10.0. The minimum atomic E-state index is -3.63. The Bertz CT molecular complexity index is 534. The zero-order chi connectivity index (χ0) is 13.7. The average molecular weight is 281 g/mol. The van der Waals surface area contributed by atoms with Crippen molar-refractivity contribution in [2.45, 2.75) is 43.1 Å². The van der Waals surface area contributed by atoms with E-state index in [-0.39, 0.29) is 11.0 Å². The van der Waals surface area contributed by atoms with E-state index in [1.54, 1.807) is 12.1 Å². The molecular formula is C14H19NO3S. The lowest BCUT2D eigenvalue weighted by molar-refractivity contribution is 0.231. The van der Waals surface area contributed by atoms with Crippen LogP contribution in [0.15, 0.2) is 41.3 Å². The molecule has 0 bridgehead atoms. The van der Waals surface area contributed by atoms with Gasteiger partial charge in [0, 0.05) is 0 Å². The molecule has 1 aromatic carbocycles. The first-order chi connectivity index (χ1) is 9.05. The maximum Gasteiger partial charge on any atom is 0.238 e. The summed E-state index contributed by atoms with van der Waals surface area (Å²) in [6.45, 7) is 0. The van der Waals surface area contributed by atoms with Crippen LogP contribution in [-0.4, -0.2) is 14.5 Å². The number of benzene rings is 1. The average Bonchev–Trinajstić information content (AvgIpc) is 2.32. The van der Waals surface area contributed by atoms with Crippen molar-refractivity contribution in [2.75, 3.05) is 0 Å². The number of rotatable bonds is 3. The highest BCUT2D eigenvalue weighted by molar-refractivity contribution is 7.89. The first-order valence-electron chi connectivity index (χ1n) is 6.52. The van der Waals surface area contributed by atoms with Crippen molar-refractivity contribution in [1.29, 1.82) is 0 Å². The Morgan fingerprint density at radius 3 is 2.53 bits per heavy atom. The summed E-state index contributed by atoms with van der Waals surface area (Å²) >= 11 is 0. The van der Waals surface area contributed by atoms with Crippen LogP contribution < -0.4 is 9.88 Å². The SMILES string of the molecule is NS(=O)(=O)c1ccc(OC2/C=C/CCCCC2)cc1. The first kappa shape index (κ1) is 14.1. The second-order valence-electron chi connectivity index (χ2n) is 4.74. The van der Waals surface area contributed by atoms with Gasteiger partial charge < -0.3 is 4.74 Å². The Morgan fingerprint density at radius 2 is 1.84 bits per heavy atom. The zero-order valence-corrected chi connectivity index (χ0v) is 11.6. The standard InChI is InChI=1S/C14H19NO3S/c15-19(16,17)14-10-8-13(9-11-14)18-12-6-4-2-1-3-5-7-12/h4,6,8-12H,1-3,5,7H2,(H2,15,16,17)/b6-4+. The molecule has 2 N–H and O–H groups in total. The lowest BCUT2D eigenvalue weighted by Crippen LogP contribution is -2.15. The van der Waals surface area contributed by atoms with Crippen LogP contribution in [-0.2, 0) is 10.0 Å². The summed E-state index contributed by atoms with van der Waals surface area (Å²) in [4.78, 5) is 0.105. The molecule has 19 heavy (non-hydrogen) atoms. The summed E-state index contributed by atoms with van der Waals surface area (Å²) < 4.78 is 28.1. The predicted molar refractivity (Wildman–Crippen MR) is 74.5 cm³/mol. The van der Waals surface area contributed by atoms with Gasteiger partial charge in [0.1, 0.15) is 11.9 Å². The molecule has 0 spiro atoms. The molecule has 1 atom stereocenters. The second-order valence-corrected chi connectivity index (χ2v) is 6.30. The summed E-state index contributed by atoms with van der Waals surface area (Å²) in [6.07, 6.45) is 10.0. The first-order valence-corrected chi connectivity index (χ1v) is 8.06. The van der Waals surface area contributed by atoms with Crippen LogP contribution in [0, 0.1) is 0 Å². The van der Waals surface area contributed by atoms with Gasteiger partial charge in [-0.1, -0.05) is 12.5 Å². The number of hydrogen-bond donors (Lipinski definition) is 1. The van der Waals surface area contributed by atoms with Crippen molar-refractivity contribution in [1.82, 2.24) is 0 Å². The summed E-state index contributed by atoms with van der Waals surface area (Å²) in [5, 5.41) is 5.05. The van der Waals surface area contributed by atoms with Crippen molar-refractivity contribution >= 4 is 10.0 Å². The third-order valence-electron chi connectivity index (χ3n) is 3.15. The van der Waals surface area contributed by atoms with E-state index in [0.717, 1.165) is 19.3 Å². The van der Waals surface area contributed by atoms with Gasteiger partial charge in [-0.2, -0.15) is 0 Å². The smallest absolute Gasteiger partial charge is 0.238 e. The molecule has 0 radical (unpaired) electrons. The predicted octanol–water partition coefficient (Wildman–Crippen LogP) is 2.60. The van der Waals surface area contributed by atoms with Crippen LogP contribution in [0.1, 0.15) is 32.1 Å². The van der Waals surface area contributed by atoms with Crippen molar-refractivity contribution in [3.8, 4) is 5.75 Å². The fourth-order valence-corrected chi connectivity index (χ4v) is 2.63. The Hall–Kier alpha value is -1.33. The Morgan fingerprint density at radius 1 is 1.11 bits per heavy atom. The molecule has 0 aromatic heterocycles. The minimum absolute atomic E-state index is 0.0700. The Kier molecular flexibility index (Phi) is 4.61. The Labute approximate surface area is 114 Å². The van der Waals surface area contributed by atoms with E-state index < -0.39 is 10.0 Å². The molecule has 5 heteroatoms. The monoisotopic (exact) mass is 281 g/mol. The lowest BCUT2D eigenvalue weighted by Gasteiger charge is -2.17. The molecule has 1 aromatic rings. The van der Waals surface area contributed by atoms with Gasteiger partial charge in [-0.05, 0) is 56.0 Å². The molecule has 2 rings (SSSR count). The molecule has 0 heterocycles. The molecule has 0 aliphatic heterocycles. The van der Waals surface area contributed by atoms with Crippen LogP contribution >= 0.6 is 0 Å². The van der Waals surface area contributed by atoms with Gasteiger partial charge in [-0.15, -0.1) is 0 Å². The summed E-state index contributed by atoms with van der Waals surface area (Å²) in [7, 11) is -3.63. The minimum Gasteiger partial charge on any atom is -0.486 e. The molecule has 0 amide bonds. The van der Waals surface area contributed by atoms with Gasteiger partial charge in [0.25, 0.3) is 0 Å². The number of ether oxygens (including phenoxy) is 1. The molecular weight excluding hydrogens is 262 g/mol. The third kappa shape index (κ3) is 4.36. The molecule has 104 valence electrons. The van der Waals surface area contributed by atoms with Crippen molar-refractivity contribution in [3.05, 3.63) is 36.4 Å². The molecule has 1 unspecified atom stereocenters. The van der Waals surface area contributed by atoms with E-state index >= 15 is 0 Å². The van der Waals surface area contributed by atoms with E-state index in [2.05, 4.69) is 12.2 Å². The zero-order valence-electron chi connectivity index (χ0n) is 10.8. The number of primary sulfonamides is 1. The highest BCUT2D eigenvalue weighted by Crippen LogP contribution is 2.20. The summed E-state index contributed by atoms with van der Waals surface area (Å²) in [5.74, 6) is 0.669. The maximum absolute atomic E-state index is 11.1. The van der Waals surface area contributed by atoms with Gasteiger partial charge >= 0.3 is 0 Å². The number of allylic oxidation sites excluding steroid dienone is 1. The van der Waals surface area contributed by atoms with Crippen molar-refractivity contribution in [2.24, 2.45) is 5.14 Å². The second kappa shape index (κ2) is 6.21. The third-order valence-corrected chi connectivity index (χ3v) is 4.08. The largest absolute Gasteiger partial charge is 0.486 e.